The third-order valence-electron chi connectivity index (χ3n) is 14.8. The van der Waals surface area contributed by atoms with E-state index >= 15 is 0 Å². The van der Waals surface area contributed by atoms with Gasteiger partial charge in [-0.15, -0.1) is 0 Å². The fraction of sp³-hybridized carbons (Fsp3) is 0.851. The van der Waals surface area contributed by atoms with E-state index in [1.54, 1.807) is 7.11 Å². The van der Waals surface area contributed by atoms with E-state index in [-0.39, 0.29) is 42.7 Å². The van der Waals surface area contributed by atoms with Crippen molar-refractivity contribution >= 4 is 30.9 Å². The lowest BCUT2D eigenvalue weighted by Crippen LogP contribution is -2.46. The number of aliphatic hydroxyl groups excluding tert-OH is 1. The van der Waals surface area contributed by atoms with Crippen LogP contribution in [0.15, 0.2) is 36.0 Å². The molecule has 2 heterocycles. The van der Waals surface area contributed by atoms with Gasteiger partial charge in [0.1, 0.15) is 12.2 Å². The Bertz CT molecular complexity index is 1290. The van der Waals surface area contributed by atoms with Gasteiger partial charge in [0.05, 0.1) is 35.9 Å². The van der Waals surface area contributed by atoms with Crippen LogP contribution in [-0.4, -0.2) is 91.0 Å². The minimum atomic E-state index is -2.02. The highest BCUT2D eigenvalue weighted by Gasteiger charge is 2.51. The minimum absolute atomic E-state index is 0.109. The van der Waals surface area contributed by atoms with E-state index in [4.69, 9.17) is 27.5 Å². The van der Waals surface area contributed by atoms with Crippen LogP contribution in [0.1, 0.15) is 136 Å². The first-order chi connectivity index (χ1) is 27.3. The third kappa shape index (κ3) is 14.3. The molecule has 10 atom stereocenters. The van der Waals surface area contributed by atoms with E-state index in [2.05, 4.69) is 101 Å². The fourth-order valence-electron chi connectivity index (χ4n) is 9.33. The van der Waals surface area contributed by atoms with Crippen molar-refractivity contribution in [2.75, 3.05) is 7.11 Å². The molecule has 0 unspecified atom stereocenters. The summed E-state index contributed by atoms with van der Waals surface area (Å²) in [6, 6.07) is 9.61. The van der Waals surface area contributed by atoms with Crippen LogP contribution in [0, 0.1) is 11.8 Å². The Hall–Kier alpha value is -0.899. The average Bonchev–Trinajstić information content (AvgIpc) is 4.00. The van der Waals surface area contributed by atoms with Crippen LogP contribution in [0.25, 0.3) is 0 Å². The van der Waals surface area contributed by atoms with Crippen LogP contribution in [0.4, 0.5) is 0 Å². The molecular weight excluding hydrogens is 777 g/mol. The minimum Gasteiger partial charge on any atom is -0.457 e. The Balaban J connectivity index is 2.47. The predicted molar refractivity (Wildman–Crippen MR) is 250 cm³/mol. The zero-order valence-corrected chi connectivity index (χ0v) is 43.2. The van der Waals surface area contributed by atoms with Crippen molar-refractivity contribution in [1.29, 1.82) is 0 Å². The molecule has 0 radical (unpaired) electrons. The summed E-state index contributed by atoms with van der Waals surface area (Å²) in [5.41, 5.74) is -0.403. The number of epoxide rings is 1. The van der Waals surface area contributed by atoms with Crippen LogP contribution in [0.5, 0.6) is 0 Å². The van der Waals surface area contributed by atoms with Crippen molar-refractivity contribution in [2.24, 2.45) is 11.8 Å². The molecule has 2 aliphatic heterocycles. The predicted octanol–water partition coefficient (Wildman–Crippen LogP) is 12.3. The van der Waals surface area contributed by atoms with Gasteiger partial charge in [0.2, 0.25) is 0 Å². The summed E-state index contributed by atoms with van der Waals surface area (Å²) in [5, 5.41) is 11.4. The first kappa shape index (κ1) is 53.2. The van der Waals surface area contributed by atoms with Crippen molar-refractivity contribution in [2.45, 2.75) is 238 Å². The maximum atomic E-state index is 13.8. The Morgan fingerprint density at radius 1 is 0.931 bits per heavy atom. The number of esters is 1. The number of hydrogen-bond donors (Lipinski definition) is 1. The molecule has 2 rings (SSSR count). The lowest BCUT2D eigenvalue weighted by Gasteiger charge is -2.39. The van der Waals surface area contributed by atoms with Gasteiger partial charge in [-0.05, 0) is 100 Å². The van der Waals surface area contributed by atoms with E-state index < -0.39 is 48.4 Å². The van der Waals surface area contributed by atoms with Crippen molar-refractivity contribution in [1.82, 2.24) is 0 Å². The van der Waals surface area contributed by atoms with Gasteiger partial charge in [0.25, 0.3) is 0 Å². The third-order valence-corrected chi connectivity index (χ3v) is 29.0. The largest absolute Gasteiger partial charge is 0.457 e. The lowest BCUT2D eigenvalue weighted by molar-refractivity contribution is -0.151. The van der Waals surface area contributed by atoms with Gasteiger partial charge >= 0.3 is 5.97 Å². The van der Waals surface area contributed by atoms with Crippen LogP contribution < -0.4 is 0 Å². The van der Waals surface area contributed by atoms with Crippen LogP contribution in [0.2, 0.25) is 54.4 Å². The molecule has 0 aromatic rings. The molecule has 1 fully saturated rings. The van der Waals surface area contributed by atoms with Gasteiger partial charge in [-0.3, -0.25) is 4.79 Å². The van der Waals surface area contributed by atoms with E-state index in [9.17, 15) is 9.90 Å². The van der Waals surface area contributed by atoms with E-state index in [1.807, 2.05) is 32.9 Å². The van der Waals surface area contributed by atoms with Crippen molar-refractivity contribution in [3.05, 3.63) is 36.0 Å². The second-order valence-corrected chi connectivity index (χ2v) is 32.4. The number of methoxy groups -OCH3 is 1. The molecule has 8 nitrogen and oxygen atoms in total. The summed E-state index contributed by atoms with van der Waals surface area (Å²) in [7, 11) is -4.12. The van der Waals surface area contributed by atoms with Crippen LogP contribution >= 0.6 is 0 Å². The number of ether oxygens (including phenoxy) is 3. The summed E-state index contributed by atoms with van der Waals surface area (Å²) in [6.45, 7) is 33.2. The number of allylic oxidation sites excluding steroid dienone is 2. The number of cyclic esters (lactones) is 1. The average molecular weight is 867 g/mol. The van der Waals surface area contributed by atoms with Gasteiger partial charge < -0.3 is 32.6 Å². The molecule has 0 amide bonds. The topological polar surface area (TPSA) is 96.0 Å². The normalized spacial score (nSPS) is 29.6. The lowest BCUT2D eigenvalue weighted by atomic mass is 9.88. The van der Waals surface area contributed by atoms with Gasteiger partial charge in [0.15, 0.2) is 25.0 Å². The first-order valence-corrected chi connectivity index (χ1v) is 31.1. The zero-order valence-electron chi connectivity index (χ0n) is 40.2. The van der Waals surface area contributed by atoms with E-state index in [0.717, 1.165) is 72.8 Å². The van der Waals surface area contributed by atoms with Crippen LogP contribution in [-0.2, 0) is 32.3 Å². The molecule has 338 valence electrons. The second kappa shape index (κ2) is 24.1. The van der Waals surface area contributed by atoms with Gasteiger partial charge in [-0.1, -0.05) is 113 Å². The number of aliphatic hydroxyl groups is 1. The molecule has 11 heteroatoms. The Kier molecular flexibility index (Phi) is 22.1. The van der Waals surface area contributed by atoms with Gasteiger partial charge in [-0.2, -0.15) is 0 Å². The standard InChI is InChI=1S/C47H90O8Si3/c1-17-40(54-57(21-5,22-6)23-7)38(13)45-41(51-45)35-46(14,55-58(24-8,25-9)26-10)32-27-28-36(11)44-37(12)29-30-42(48)47(15,50-16)33-31-39(34-43(49)52-44)53-56(18-2,19-3)20-4/h27-30,32,37-42,44-45,48H,17-26,31,33-35H2,1-16H3/b30-29-,32-27+,36-28+/t37-,38+,39+,40-,41-,42-,44+,45-,46-,47+/m0/s1. The molecule has 0 aliphatic carbocycles. The maximum Gasteiger partial charge on any atom is 0.308 e. The molecule has 0 bridgehead atoms. The van der Waals surface area contributed by atoms with Gasteiger partial charge in [-0.25, -0.2) is 0 Å². The molecule has 0 aromatic carbocycles. The highest BCUT2D eigenvalue weighted by molar-refractivity contribution is 6.74. The van der Waals surface area contributed by atoms with Crippen molar-refractivity contribution in [3.8, 4) is 0 Å². The summed E-state index contributed by atoms with van der Waals surface area (Å²) in [4.78, 5) is 13.8. The summed E-state index contributed by atoms with van der Waals surface area (Å²) < 4.78 is 40.1. The fourth-order valence-corrected chi connectivity index (χ4v) is 18.3. The second-order valence-electron chi connectivity index (χ2n) is 18.3. The molecule has 58 heavy (non-hydrogen) atoms. The maximum absolute atomic E-state index is 13.8. The summed E-state index contributed by atoms with van der Waals surface area (Å²) in [6.07, 6.45) is 12.1. The highest BCUT2D eigenvalue weighted by atomic mass is 28.4. The first-order valence-electron chi connectivity index (χ1n) is 23.5. The van der Waals surface area contributed by atoms with E-state index in [0.29, 0.717) is 18.8 Å². The van der Waals surface area contributed by atoms with Gasteiger partial charge in [0, 0.05) is 31.5 Å². The quantitative estimate of drug-likeness (QED) is 0.0337. The molecule has 1 saturated heterocycles. The summed E-state index contributed by atoms with van der Waals surface area (Å²) >= 11 is 0. The van der Waals surface area contributed by atoms with E-state index in [1.165, 1.54) is 0 Å². The Morgan fingerprint density at radius 3 is 1.98 bits per heavy atom. The molecule has 0 saturated carbocycles. The molecular formula is C47H90O8Si3. The molecule has 2 aliphatic rings. The molecule has 1 N–H and O–H groups in total. The number of carbonyl (C=O) groups is 1. The number of hydrogen-bond acceptors (Lipinski definition) is 8. The highest BCUT2D eigenvalue weighted by Crippen LogP contribution is 2.42. The van der Waals surface area contributed by atoms with Crippen molar-refractivity contribution < 1.29 is 37.4 Å². The molecule has 0 aromatic heterocycles. The Labute approximate surface area is 360 Å². The number of carbonyl (C=O) groups excluding carboxylic acids is 1. The van der Waals surface area contributed by atoms with Crippen molar-refractivity contribution in [3.63, 3.8) is 0 Å². The Morgan fingerprint density at radius 2 is 1.48 bits per heavy atom. The SMILES string of the molecule is CC[C@H](O[Si](CC)(CC)CC)[C@@H](C)[C@@H]1O[C@H]1C[C@](C)(/C=C/C=C(\C)[C@H]1OC(=O)C[C@H](O[Si](CC)(CC)CC)CC[C@@](C)(OC)[C@@H](O)/C=C\[C@@H]1C)O[Si](CC)(CC)CC. The smallest absolute Gasteiger partial charge is 0.308 e. The van der Waals surface area contributed by atoms with Crippen LogP contribution in [0.3, 0.4) is 0 Å². The summed E-state index contributed by atoms with van der Waals surface area (Å²) in [5.74, 6) is -0.131. The monoisotopic (exact) mass is 867 g/mol. The number of rotatable bonds is 24. The molecule has 0 spiro atoms. The zero-order chi connectivity index (χ0) is 44.0.